The number of rotatable bonds is 1. The van der Waals surface area contributed by atoms with E-state index in [1.54, 1.807) is 4.90 Å². The molecule has 0 aliphatic carbocycles. The number of amides is 1. The van der Waals surface area contributed by atoms with Crippen molar-refractivity contribution in [3.8, 4) is 0 Å². The summed E-state index contributed by atoms with van der Waals surface area (Å²) in [5.41, 5.74) is -0.422. The summed E-state index contributed by atoms with van der Waals surface area (Å²) in [6, 6.07) is -0.107. The number of likely N-dealkylation sites (tertiary alicyclic amines) is 1. The van der Waals surface area contributed by atoms with Gasteiger partial charge in [-0.15, -0.1) is 0 Å². The second-order valence-electron chi connectivity index (χ2n) is 6.31. The van der Waals surface area contributed by atoms with E-state index in [0.29, 0.717) is 6.54 Å². The zero-order valence-electron chi connectivity index (χ0n) is 10.9. The van der Waals surface area contributed by atoms with Crippen LogP contribution >= 0.6 is 0 Å². The zero-order valence-corrected chi connectivity index (χ0v) is 10.9. The molecule has 1 heterocycles. The number of aliphatic hydroxyl groups is 1. The van der Waals surface area contributed by atoms with Crippen LogP contribution in [0, 0.1) is 5.41 Å². The van der Waals surface area contributed by atoms with Gasteiger partial charge in [-0.3, -0.25) is 0 Å². The molecule has 0 spiro atoms. The van der Waals surface area contributed by atoms with Gasteiger partial charge in [-0.05, 0) is 32.6 Å². The van der Waals surface area contributed by atoms with Crippen LogP contribution in [0.5, 0.6) is 0 Å². The zero-order chi connectivity index (χ0) is 12.6. The fourth-order valence-corrected chi connectivity index (χ4v) is 2.10. The van der Waals surface area contributed by atoms with Gasteiger partial charge in [0.15, 0.2) is 0 Å². The van der Waals surface area contributed by atoms with Crippen molar-refractivity contribution in [2.45, 2.75) is 52.7 Å². The van der Waals surface area contributed by atoms with E-state index in [4.69, 9.17) is 4.74 Å². The molecule has 0 bridgehead atoms. The summed E-state index contributed by atoms with van der Waals surface area (Å²) >= 11 is 0. The van der Waals surface area contributed by atoms with Crippen LogP contribution in [0.1, 0.15) is 41.0 Å². The van der Waals surface area contributed by atoms with Gasteiger partial charge >= 0.3 is 6.09 Å². The van der Waals surface area contributed by atoms with E-state index in [1.807, 2.05) is 20.8 Å². The van der Waals surface area contributed by atoms with Gasteiger partial charge in [0.1, 0.15) is 5.60 Å². The monoisotopic (exact) mass is 229 g/mol. The molecule has 1 amide bonds. The molecule has 0 radical (unpaired) electrons. The van der Waals surface area contributed by atoms with E-state index >= 15 is 0 Å². The van der Waals surface area contributed by atoms with Crippen LogP contribution in [-0.4, -0.2) is 40.9 Å². The van der Waals surface area contributed by atoms with Crippen LogP contribution in [0.25, 0.3) is 0 Å². The Kier molecular flexibility index (Phi) is 3.53. The van der Waals surface area contributed by atoms with E-state index in [9.17, 15) is 9.90 Å². The first-order valence-electron chi connectivity index (χ1n) is 5.75. The van der Waals surface area contributed by atoms with Gasteiger partial charge in [-0.25, -0.2) is 4.79 Å². The number of aliphatic hydroxyl groups excluding tert-OH is 1. The minimum atomic E-state index is -0.482. The lowest BCUT2D eigenvalue weighted by atomic mass is 9.91. The quantitative estimate of drug-likeness (QED) is 0.748. The highest BCUT2D eigenvalue weighted by Crippen LogP contribution is 2.34. The van der Waals surface area contributed by atoms with Gasteiger partial charge in [-0.1, -0.05) is 13.8 Å². The first-order valence-corrected chi connectivity index (χ1v) is 5.75. The molecule has 4 heteroatoms. The van der Waals surface area contributed by atoms with E-state index < -0.39 is 5.60 Å². The lowest BCUT2D eigenvalue weighted by Crippen LogP contribution is -2.41. The molecule has 1 fully saturated rings. The Bertz CT molecular complexity index is 268. The first-order chi connectivity index (χ1) is 7.14. The van der Waals surface area contributed by atoms with E-state index in [2.05, 4.69) is 13.8 Å². The molecule has 94 valence electrons. The summed E-state index contributed by atoms with van der Waals surface area (Å²) in [5, 5.41) is 9.27. The Balaban J connectivity index is 2.69. The molecular weight excluding hydrogens is 206 g/mol. The van der Waals surface area contributed by atoms with E-state index in [0.717, 1.165) is 6.42 Å². The molecule has 1 rings (SSSR count). The Labute approximate surface area is 97.6 Å². The lowest BCUT2D eigenvalue weighted by Gasteiger charge is -2.28. The first kappa shape index (κ1) is 13.3. The third-order valence-electron chi connectivity index (χ3n) is 2.67. The molecule has 1 aliphatic rings. The molecule has 0 aromatic heterocycles. The van der Waals surface area contributed by atoms with Crippen LogP contribution < -0.4 is 0 Å². The highest BCUT2D eigenvalue weighted by molar-refractivity contribution is 5.69. The summed E-state index contributed by atoms with van der Waals surface area (Å²) < 4.78 is 5.32. The maximum atomic E-state index is 11.9. The van der Waals surface area contributed by atoms with Crippen molar-refractivity contribution in [1.82, 2.24) is 4.90 Å². The molecule has 16 heavy (non-hydrogen) atoms. The summed E-state index contributed by atoms with van der Waals surface area (Å²) in [4.78, 5) is 13.6. The van der Waals surface area contributed by atoms with Crippen LogP contribution in [0.15, 0.2) is 0 Å². The Hall–Kier alpha value is -0.770. The van der Waals surface area contributed by atoms with E-state index in [1.165, 1.54) is 0 Å². The summed E-state index contributed by atoms with van der Waals surface area (Å²) in [7, 11) is 0. The van der Waals surface area contributed by atoms with Crippen molar-refractivity contribution in [3.63, 3.8) is 0 Å². The number of nitrogens with zero attached hydrogens (tertiary/aromatic N) is 1. The van der Waals surface area contributed by atoms with Crippen molar-refractivity contribution in [1.29, 1.82) is 0 Å². The van der Waals surface area contributed by atoms with Crippen LogP contribution in [0.3, 0.4) is 0 Å². The number of carbonyl (C=O) groups is 1. The molecule has 1 atom stereocenters. The van der Waals surface area contributed by atoms with Crippen molar-refractivity contribution in [2.75, 3.05) is 13.2 Å². The van der Waals surface area contributed by atoms with Crippen LogP contribution in [0.2, 0.25) is 0 Å². The summed E-state index contributed by atoms with van der Waals surface area (Å²) in [5.74, 6) is 0. The maximum absolute atomic E-state index is 11.9. The Morgan fingerprint density at radius 1 is 1.50 bits per heavy atom. The van der Waals surface area contributed by atoms with Crippen molar-refractivity contribution in [2.24, 2.45) is 5.41 Å². The second-order valence-corrected chi connectivity index (χ2v) is 6.31. The smallest absolute Gasteiger partial charge is 0.410 e. The van der Waals surface area contributed by atoms with Gasteiger partial charge in [0.05, 0.1) is 12.6 Å². The predicted octanol–water partition coefficient (Wildman–Crippen LogP) is 2.01. The SMILES string of the molecule is CC1(C)C[C@@H](CO)N(C(=O)OC(C)(C)C)C1. The number of hydrogen-bond acceptors (Lipinski definition) is 3. The fraction of sp³-hybridized carbons (Fsp3) is 0.917. The lowest BCUT2D eigenvalue weighted by molar-refractivity contribution is 0.0167. The van der Waals surface area contributed by atoms with E-state index in [-0.39, 0.29) is 24.2 Å². The number of ether oxygens (including phenoxy) is 1. The third-order valence-corrected chi connectivity index (χ3v) is 2.67. The summed E-state index contributed by atoms with van der Waals surface area (Å²) in [6.07, 6.45) is 0.500. The van der Waals surface area contributed by atoms with Gasteiger partial charge < -0.3 is 14.7 Å². The van der Waals surface area contributed by atoms with Gasteiger partial charge in [-0.2, -0.15) is 0 Å². The normalized spacial score (nSPS) is 24.6. The van der Waals surface area contributed by atoms with Gasteiger partial charge in [0, 0.05) is 6.54 Å². The topological polar surface area (TPSA) is 49.8 Å². The van der Waals surface area contributed by atoms with Crippen LogP contribution in [-0.2, 0) is 4.74 Å². The van der Waals surface area contributed by atoms with Crippen molar-refractivity contribution < 1.29 is 14.6 Å². The molecule has 4 nitrogen and oxygen atoms in total. The van der Waals surface area contributed by atoms with Gasteiger partial charge in [0.2, 0.25) is 0 Å². The highest BCUT2D eigenvalue weighted by Gasteiger charge is 2.41. The maximum Gasteiger partial charge on any atom is 0.410 e. The average Bonchev–Trinajstić information content (AvgIpc) is 2.38. The predicted molar refractivity (Wildman–Crippen MR) is 62.2 cm³/mol. The molecule has 1 aliphatic heterocycles. The van der Waals surface area contributed by atoms with Crippen LogP contribution in [0.4, 0.5) is 4.79 Å². The fourth-order valence-electron chi connectivity index (χ4n) is 2.10. The second kappa shape index (κ2) is 4.24. The molecule has 0 aromatic rings. The Morgan fingerprint density at radius 3 is 2.50 bits per heavy atom. The van der Waals surface area contributed by atoms with Crippen molar-refractivity contribution in [3.05, 3.63) is 0 Å². The summed E-state index contributed by atoms with van der Waals surface area (Å²) in [6.45, 7) is 10.4. The number of carbonyl (C=O) groups excluding carboxylic acids is 1. The molecule has 1 saturated heterocycles. The average molecular weight is 229 g/mol. The van der Waals surface area contributed by atoms with Crippen molar-refractivity contribution >= 4 is 6.09 Å². The van der Waals surface area contributed by atoms with Gasteiger partial charge in [0.25, 0.3) is 0 Å². The largest absolute Gasteiger partial charge is 0.444 e. The Morgan fingerprint density at radius 2 is 2.06 bits per heavy atom. The molecule has 0 aromatic carbocycles. The molecule has 0 saturated carbocycles. The molecular formula is C12H23NO3. The number of hydrogen-bond donors (Lipinski definition) is 1. The standard InChI is InChI=1S/C12H23NO3/c1-11(2,3)16-10(15)13-8-12(4,5)6-9(13)7-14/h9,14H,6-8H2,1-5H3/t9-/m0/s1. The third kappa shape index (κ3) is 3.37. The highest BCUT2D eigenvalue weighted by atomic mass is 16.6. The molecule has 1 N–H and O–H groups in total. The molecule has 0 unspecified atom stereocenters. The minimum absolute atomic E-state index is 0.00265. The minimum Gasteiger partial charge on any atom is -0.444 e.